The van der Waals surface area contributed by atoms with Crippen molar-refractivity contribution >= 4 is 5.91 Å². The van der Waals surface area contributed by atoms with Crippen LogP contribution in [0.15, 0.2) is 0 Å². The van der Waals surface area contributed by atoms with Gasteiger partial charge in [0.2, 0.25) is 5.91 Å². The van der Waals surface area contributed by atoms with E-state index in [1.54, 1.807) is 4.90 Å². The zero-order chi connectivity index (χ0) is 17.3. The number of carbonyl (C=O) groups excluding carboxylic acids is 1. The molecule has 0 unspecified atom stereocenters. The summed E-state index contributed by atoms with van der Waals surface area (Å²) < 4.78 is 45.2. The highest BCUT2D eigenvalue weighted by Crippen LogP contribution is 2.42. The molecular formula is C17H27F3N2O2. The van der Waals surface area contributed by atoms with Gasteiger partial charge in [-0.1, -0.05) is 19.8 Å². The van der Waals surface area contributed by atoms with Crippen molar-refractivity contribution in [3.63, 3.8) is 0 Å². The number of nitrogens with zero attached hydrogens (tertiary/aromatic N) is 2. The van der Waals surface area contributed by atoms with Crippen LogP contribution in [0.25, 0.3) is 0 Å². The summed E-state index contributed by atoms with van der Waals surface area (Å²) in [6.07, 6.45) is -2.51. The third-order valence-electron chi connectivity index (χ3n) is 5.90. The third-order valence-corrected chi connectivity index (χ3v) is 5.90. The summed E-state index contributed by atoms with van der Waals surface area (Å²) in [5, 5.41) is 0. The van der Waals surface area contributed by atoms with Crippen LogP contribution in [-0.2, 0) is 9.53 Å². The van der Waals surface area contributed by atoms with Crippen molar-refractivity contribution in [3.05, 3.63) is 0 Å². The summed E-state index contributed by atoms with van der Waals surface area (Å²) in [5.74, 6) is -2.33. The van der Waals surface area contributed by atoms with E-state index in [0.29, 0.717) is 45.1 Å². The molecule has 138 valence electrons. The minimum Gasteiger partial charge on any atom is -0.379 e. The molecule has 4 nitrogen and oxygen atoms in total. The Hall–Kier alpha value is -0.820. The number of rotatable bonds is 2. The van der Waals surface area contributed by atoms with Crippen LogP contribution >= 0.6 is 0 Å². The van der Waals surface area contributed by atoms with Crippen molar-refractivity contribution in [2.24, 2.45) is 17.8 Å². The summed E-state index contributed by atoms with van der Waals surface area (Å²) in [7, 11) is 0. The Morgan fingerprint density at radius 3 is 2.42 bits per heavy atom. The second kappa shape index (κ2) is 7.20. The first-order valence-electron chi connectivity index (χ1n) is 9.05. The van der Waals surface area contributed by atoms with Crippen molar-refractivity contribution in [1.29, 1.82) is 0 Å². The highest BCUT2D eigenvalue weighted by molar-refractivity contribution is 5.79. The van der Waals surface area contributed by atoms with E-state index in [2.05, 4.69) is 11.8 Å². The van der Waals surface area contributed by atoms with E-state index in [1.807, 2.05) is 0 Å². The van der Waals surface area contributed by atoms with Gasteiger partial charge in [0.05, 0.1) is 19.1 Å². The predicted octanol–water partition coefficient (Wildman–Crippen LogP) is 2.53. The van der Waals surface area contributed by atoms with Gasteiger partial charge in [0.15, 0.2) is 0 Å². The van der Waals surface area contributed by atoms with E-state index in [-0.39, 0.29) is 18.4 Å². The number of likely N-dealkylation sites (tertiary alicyclic amines) is 1. The van der Waals surface area contributed by atoms with Crippen molar-refractivity contribution in [2.75, 3.05) is 39.4 Å². The molecule has 3 fully saturated rings. The molecule has 0 aromatic heterocycles. The van der Waals surface area contributed by atoms with Gasteiger partial charge < -0.3 is 9.64 Å². The number of alkyl halides is 3. The largest absolute Gasteiger partial charge is 0.392 e. The van der Waals surface area contributed by atoms with Crippen molar-refractivity contribution in [3.8, 4) is 0 Å². The second-order valence-electron chi connectivity index (χ2n) is 7.48. The summed E-state index contributed by atoms with van der Waals surface area (Å²) in [6.45, 7) is 6.28. The lowest BCUT2D eigenvalue weighted by Crippen LogP contribution is -2.48. The lowest BCUT2D eigenvalue weighted by Gasteiger charge is -2.35. The number of hydrogen-bond acceptors (Lipinski definition) is 3. The molecule has 1 amide bonds. The highest BCUT2D eigenvalue weighted by Gasteiger charge is 2.50. The molecule has 4 atom stereocenters. The number of amides is 1. The molecule has 2 saturated heterocycles. The van der Waals surface area contributed by atoms with E-state index in [4.69, 9.17) is 4.74 Å². The van der Waals surface area contributed by atoms with Gasteiger partial charge >= 0.3 is 6.18 Å². The molecule has 24 heavy (non-hydrogen) atoms. The van der Waals surface area contributed by atoms with E-state index >= 15 is 0 Å². The first kappa shape index (κ1) is 18.0. The number of hydrogen-bond donors (Lipinski definition) is 0. The molecule has 0 spiro atoms. The monoisotopic (exact) mass is 348 g/mol. The number of ether oxygens (including phenoxy) is 1. The Kier molecular flexibility index (Phi) is 5.39. The van der Waals surface area contributed by atoms with Crippen LogP contribution in [0.5, 0.6) is 0 Å². The maximum atomic E-state index is 13.3. The van der Waals surface area contributed by atoms with E-state index < -0.39 is 18.0 Å². The predicted molar refractivity (Wildman–Crippen MR) is 83.4 cm³/mol. The number of halogens is 3. The van der Waals surface area contributed by atoms with Gasteiger partial charge in [-0.3, -0.25) is 9.69 Å². The van der Waals surface area contributed by atoms with Crippen LogP contribution in [-0.4, -0.2) is 67.3 Å². The van der Waals surface area contributed by atoms with Crippen molar-refractivity contribution in [2.45, 2.75) is 44.8 Å². The first-order valence-corrected chi connectivity index (χ1v) is 9.05. The topological polar surface area (TPSA) is 32.8 Å². The van der Waals surface area contributed by atoms with E-state index in [1.165, 1.54) is 0 Å². The fourth-order valence-electron chi connectivity index (χ4n) is 4.57. The zero-order valence-electron chi connectivity index (χ0n) is 14.2. The fourth-order valence-corrected chi connectivity index (χ4v) is 4.57. The van der Waals surface area contributed by atoms with Crippen LogP contribution in [0.2, 0.25) is 0 Å². The molecule has 7 heteroatoms. The van der Waals surface area contributed by atoms with Gasteiger partial charge in [0.25, 0.3) is 0 Å². The molecule has 0 N–H and O–H groups in total. The molecule has 0 bridgehead atoms. The van der Waals surface area contributed by atoms with Gasteiger partial charge in [0, 0.05) is 38.1 Å². The molecule has 1 aliphatic carbocycles. The van der Waals surface area contributed by atoms with Gasteiger partial charge in [0.1, 0.15) is 0 Å². The molecule has 0 aromatic rings. The average Bonchev–Trinajstić information content (AvgIpc) is 2.96. The number of morpholine rings is 1. The Labute approximate surface area is 141 Å². The SMILES string of the molecule is C[C@@H]1CN(C(=O)[C@@H]2CCCC[C@@H]2C(F)(F)F)C[C@@H]1N1CCOCC1. The van der Waals surface area contributed by atoms with Crippen molar-refractivity contribution in [1.82, 2.24) is 9.80 Å². The fraction of sp³-hybridized carbons (Fsp3) is 0.941. The van der Waals surface area contributed by atoms with Crippen LogP contribution < -0.4 is 0 Å². The van der Waals surface area contributed by atoms with Crippen LogP contribution in [0, 0.1) is 17.8 Å². The van der Waals surface area contributed by atoms with Gasteiger partial charge in [-0.25, -0.2) is 0 Å². The Morgan fingerprint density at radius 1 is 1.08 bits per heavy atom. The molecule has 2 aliphatic heterocycles. The third kappa shape index (κ3) is 3.72. The quantitative estimate of drug-likeness (QED) is 0.769. The minimum absolute atomic E-state index is 0.0934. The minimum atomic E-state index is -4.27. The second-order valence-corrected chi connectivity index (χ2v) is 7.48. The molecule has 2 heterocycles. The zero-order valence-corrected chi connectivity index (χ0v) is 14.2. The molecule has 0 aromatic carbocycles. The molecule has 3 aliphatic rings. The standard InChI is InChI=1S/C17H27F3N2O2/c1-12-10-22(11-15(12)21-6-8-24-9-7-21)16(23)13-4-2-3-5-14(13)17(18,19)20/h12-15H,2-11H2,1H3/t12-,13-,14+,15+/m1/s1. The normalized spacial score (nSPS) is 36.1. The summed E-state index contributed by atoms with van der Waals surface area (Å²) in [5.41, 5.74) is 0. The molecule has 3 rings (SSSR count). The highest BCUT2D eigenvalue weighted by atomic mass is 19.4. The van der Waals surface area contributed by atoms with Gasteiger partial charge in [-0.05, 0) is 18.8 Å². The summed E-state index contributed by atoms with van der Waals surface area (Å²) >= 11 is 0. The van der Waals surface area contributed by atoms with Crippen LogP contribution in [0.4, 0.5) is 13.2 Å². The Bertz CT molecular complexity index is 452. The van der Waals surface area contributed by atoms with Crippen molar-refractivity contribution < 1.29 is 22.7 Å². The smallest absolute Gasteiger partial charge is 0.379 e. The Balaban J connectivity index is 1.66. The number of carbonyl (C=O) groups is 1. The van der Waals surface area contributed by atoms with E-state index in [9.17, 15) is 18.0 Å². The molecule has 1 saturated carbocycles. The summed E-state index contributed by atoms with van der Waals surface area (Å²) in [4.78, 5) is 16.8. The Morgan fingerprint density at radius 2 is 1.75 bits per heavy atom. The van der Waals surface area contributed by atoms with Gasteiger partial charge in [-0.2, -0.15) is 13.2 Å². The molecule has 0 radical (unpaired) electrons. The summed E-state index contributed by atoms with van der Waals surface area (Å²) in [6, 6.07) is 0.241. The van der Waals surface area contributed by atoms with Crippen LogP contribution in [0.1, 0.15) is 32.6 Å². The lowest BCUT2D eigenvalue weighted by atomic mass is 9.78. The maximum absolute atomic E-state index is 13.3. The van der Waals surface area contributed by atoms with Gasteiger partial charge in [-0.15, -0.1) is 0 Å². The maximum Gasteiger partial charge on any atom is 0.392 e. The lowest BCUT2D eigenvalue weighted by molar-refractivity contribution is -0.200. The first-order chi connectivity index (χ1) is 11.4. The molecular weight excluding hydrogens is 321 g/mol. The van der Waals surface area contributed by atoms with Crippen LogP contribution in [0.3, 0.4) is 0 Å². The van der Waals surface area contributed by atoms with E-state index in [0.717, 1.165) is 19.5 Å². The average molecular weight is 348 g/mol.